The van der Waals surface area contributed by atoms with Crippen LogP contribution in [0.4, 0.5) is 0 Å². The minimum atomic E-state index is -1.40. The first-order valence-corrected chi connectivity index (χ1v) is 16.0. The Morgan fingerprint density at radius 3 is 1.93 bits per heavy atom. The maximum absolute atomic E-state index is 11.7. The highest BCUT2D eigenvalue weighted by Crippen LogP contribution is 2.30. The maximum Gasteiger partial charge on any atom is 0.337 e. The van der Waals surface area contributed by atoms with Gasteiger partial charge in [0.05, 0.1) is 28.8 Å². The van der Waals surface area contributed by atoms with Gasteiger partial charge in [-0.3, -0.25) is 0 Å². The van der Waals surface area contributed by atoms with Gasteiger partial charge in [-0.25, -0.2) is 4.79 Å². The summed E-state index contributed by atoms with van der Waals surface area (Å²) >= 11 is 0. The molecule has 0 N–H and O–H groups in total. The largest absolute Gasteiger partial charge is 0.465 e. The Labute approximate surface area is 165 Å². The Hall–Kier alpha value is -1.92. The van der Waals surface area contributed by atoms with Crippen LogP contribution in [0.5, 0.6) is 0 Å². The standard InChI is InChI=1S/C23H30O2Si2/c1-16-14-21-22(27(6,7)13-12-26(21,4)5)15-20(16)17(2)18-8-10-19(11-9-18)23(24)25-3/h8-11,14-15H,2,12-13H2,1,3-7H3. The molecule has 0 saturated carbocycles. The van der Waals surface area contributed by atoms with E-state index in [1.807, 2.05) is 24.3 Å². The Bertz CT molecular complexity index is 909. The average molecular weight is 395 g/mol. The van der Waals surface area contributed by atoms with Crippen molar-refractivity contribution in [3.05, 3.63) is 65.2 Å². The molecule has 1 aliphatic heterocycles. The van der Waals surface area contributed by atoms with Crippen molar-refractivity contribution in [3.8, 4) is 0 Å². The molecule has 142 valence electrons. The van der Waals surface area contributed by atoms with Crippen LogP contribution in [-0.2, 0) is 4.74 Å². The topological polar surface area (TPSA) is 26.3 Å². The maximum atomic E-state index is 11.7. The third-order valence-electron chi connectivity index (χ3n) is 6.18. The molecule has 1 aliphatic rings. The summed E-state index contributed by atoms with van der Waals surface area (Å²) in [7, 11) is -1.33. The molecule has 0 bridgehead atoms. The lowest BCUT2D eigenvalue weighted by molar-refractivity contribution is 0.0600. The van der Waals surface area contributed by atoms with Crippen molar-refractivity contribution in [3.63, 3.8) is 0 Å². The predicted octanol–water partition coefficient (Wildman–Crippen LogP) is 4.69. The highest BCUT2D eigenvalue weighted by Gasteiger charge is 2.39. The minimum Gasteiger partial charge on any atom is -0.465 e. The summed E-state index contributed by atoms with van der Waals surface area (Å²) in [6.07, 6.45) is 0. The quantitative estimate of drug-likeness (QED) is 0.558. The summed E-state index contributed by atoms with van der Waals surface area (Å²) in [6.45, 7) is 16.6. The molecule has 0 spiro atoms. The van der Waals surface area contributed by atoms with Gasteiger partial charge in [-0.2, -0.15) is 0 Å². The summed E-state index contributed by atoms with van der Waals surface area (Å²) < 4.78 is 4.79. The molecular formula is C23H30O2Si2. The highest BCUT2D eigenvalue weighted by atomic mass is 28.3. The monoisotopic (exact) mass is 394 g/mol. The number of esters is 1. The number of ether oxygens (including phenoxy) is 1. The SMILES string of the molecule is C=C(c1ccc(C(=O)OC)cc1)c1cc2c(cc1C)[Si](C)(C)CC[Si]2(C)C. The fourth-order valence-electron chi connectivity index (χ4n) is 4.13. The van der Waals surface area contributed by atoms with Gasteiger partial charge in [0.15, 0.2) is 0 Å². The van der Waals surface area contributed by atoms with Crippen LogP contribution in [0, 0.1) is 6.92 Å². The van der Waals surface area contributed by atoms with Crippen LogP contribution in [0.25, 0.3) is 5.57 Å². The number of benzene rings is 2. The third-order valence-corrected chi connectivity index (χ3v) is 13.7. The molecule has 2 aromatic carbocycles. The van der Waals surface area contributed by atoms with Crippen LogP contribution in [-0.4, -0.2) is 29.2 Å². The average Bonchev–Trinajstić information content (AvgIpc) is 2.64. The second-order valence-electron chi connectivity index (χ2n) is 9.03. The molecule has 4 heteroatoms. The smallest absolute Gasteiger partial charge is 0.337 e. The van der Waals surface area contributed by atoms with Gasteiger partial charge in [0, 0.05) is 0 Å². The zero-order valence-corrected chi connectivity index (χ0v) is 19.4. The van der Waals surface area contributed by atoms with Crippen LogP contribution in [0.1, 0.15) is 27.0 Å². The summed E-state index contributed by atoms with van der Waals surface area (Å²) in [4.78, 5) is 11.7. The van der Waals surface area contributed by atoms with Gasteiger partial charge in [0.2, 0.25) is 0 Å². The van der Waals surface area contributed by atoms with E-state index in [9.17, 15) is 4.79 Å². The van der Waals surface area contributed by atoms with Crippen LogP contribution < -0.4 is 10.4 Å². The van der Waals surface area contributed by atoms with Crippen molar-refractivity contribution < 1.29 is 9.53 Å². The zero-order chi connectivity index (χ0) is 20.0. The normalized spacial score (nSPS) is 17.1. The number of aryl methyl sites for hydroxylation is 1. The first-order chi connectivity index (χ1) is 12.6. The molecule has 3 rings (SSSR count). The van der Waals surface area contributed by atoms with Crippen molar-refractivity contribution in [1.29, 1.82) is 0 Å². The number of hydrogen-bond donors (Lipinski definition) is 0. The third kappa shape index (κ3) is 3.60. The molecule has 0 aromatic heterocycles. The Kier molecular flexibility index (Phi) is 5.08. The van der Waals surface area contributed by atoms with Crippen LogP contribution in [0.3, 0.4) is 0 Å². The summed E-state index contributed by atoms with van der Waals surface area (Å²) in [6, 6.07) is 15.3. The molecule has 0 saturated heterocycles. The molecule has 2 aromatic rings. The van der Waals surface area contributed by atoms with Crippen molar-refractivity contribution in [2.75, 3.05) is 7.11 Å². The van der Waals surface area contributed by atoms with Crippen molar-refractivity contribution in [2.24, 2.45) is 0 Å². The van der Waals surface area contributed by atoms with Gasteiger partial charge in [0.1, 0.15) is 0 Å². The molecule has 2 nitrogen and oxygen atoms in total. The van der Waals surface area contributed by atoms with E-state index >= 15 is 0 Å². The highest BCUT2D eigenvalue weighted by molar-refractivity contribution is 7.03. The van der Waals surface area contributed by atoms with Gasteiger partial charge in [-0.15, -0.1) is 0 Å². The van der Waals surface area contributed by atoms with E-state index < -0.39 is 16.1 Å². The van der Waals surface area contributed by atoms with E-state index in [-0.39, 0.29) is 5.97 Å². The Morgan fingerprint density at radius 1 is 0.926 bits per heavy atom. The summed E-state index contributed by atoms with van der Waals surface area (Å²) in [5.74, 6) is -0.308. The second kappa shape index (κ2) is 6.91. The van der Waals surface area contributed by atoms with Crippen molar-refractivity contribution in [2.45, 2.75) is 45.2 Å². The number of fused-ring (bicyclic) bond motifs is 1. The molecular weight excluding hydrogens is 364 g/mol. The van der Waals surface area contributed by atoms with Gasteiger partial charge >= 0.3 is 5.97 Å². The fraction of sp³-hybridized carbons (Fsp3) is 0.348. The van der Waals surface area contributed by atoms with Crippen LogP contribution in [0.2, 0.25) is 38.3 Å². The summed E-state index contributed by atoms with van der Waals surface area (Å²) in [5.41, 5.74) is 5.20. The number of carbonyl (C=O) groups is 1. The van der Waals surface area contributed by atoms with Crippen molar-refractivity contribution >= 4 is 38.1 Å². The van der Waals surface area contributed by atoms with Gasteiger partial charge in [-0.05, 0) is 41.3 Å². The van der Waals surface area contributed by atoms with E-state index in [2.05, 4.69) is 51.8 Å². The number of hydrogen-bond acceptors (Lipinski definition) is 2. The molecule has 0 unspecified atom stereocenters. The lowest BCUT2D eigenvalue weighted by Gasteiger charge is -2.40. The van der Waals surface area contributed by atoms with Gasteiger partial charge in [-0.1, -0.05) is 79.5 Å². The van der Waals surface area contributed by atoms with Crippen LogP contribution >= 0.6 is 0 Å². The minimum absolute atomic E-state index is 0.308. The molecule has 0 amide bonds. The predicted molar refractivity (Wildman–Crippen MR) is 121 cm³/mol. The van der Waals surface area contributed by atoms with E-state index in [1.54, 1.807) is 10.4 Å². The molecule has 0 fully saturated rings. The number of rotatable bonds is 3. The lowest BCUT2D eigenvalue weighted by atomic mass is 9.95. The van der Waals surface area contributed by atoms with Crippen molar-refractivity contribution in [1.82, 2.24) is 0 Å². The Morgan fingerprint density at radius 2 is 1.41 bits per heavy atom. The molecule has 0 aliphatic carbocycles. The molecule has 27 heavy (non-hydrogen) atoms. The molecule has 1 heterocycles. The first-order valence-electron chi connectivity index (χ1n) is 9.60. The van der Waals surface area contributed by atoms with E-state index in [0.29, 0.717) is 5.56 Å². The second-order valence-corrected chi connectivity index (χ2v) is 18.6. The van der Waals surface area contributed by atoms with Crippen LogP contribution in [0.15, 0.2) is 43.0 Å². The molecule has 0 radical (unpaired) electrons. The first kappa shape index (κ1) is 19.8. The number of carbonyl (C=O) groups excluding carboxylic acids is 1. The zero-order valence-electron chi connectivity index (χ0n) is 17.4. The summed E-state index contributed by atoms with van der Waals surface area (Å²) in [5, 5.41) is 3.30. The van der Waals surface area contributed by atoms with Gasteiger partial charge < -0.3 is 4.74 Å². The fourth-order valence-corrected chi connectivity index (χ4v) is 14.4. The molecule has 0 atom stereocenters. The lowest BCUT2D eigenvalue weighted by Crippen LogP contribution is -2.63. The van der Waals surface area contributed by atoms with Gasteiger partial charge in [0.25, 0.3) is 0 Å². The Balaban J connectivity index is 2.05. The number of methoxy groups -OCH3 is 1. The van der Waals surface area contributed by atoms with E-state index in [0.717, 1.165) is 11.1 Å². The van der Waals surface area contributed by atoms with E-state index in [4.69, 9.17) is 4.74 Å². The van der Waals surface area contributed by atoms with E-state index in [1.165, 1.54) is 30.3 Å².